The first-order valence-corrected chi connectivity index (χ1v) is 5.42. The lowest BCUT2D eigenvalue weighted by molar-refractivity contribution is -0.141. The summed E-state index contributed by atoms with van der Waals surface area (Å²) >= 11 is 0. The molecule has 1 atom stereocenters. The summed E-state index contributed by atoms with van der Waals surface area (Å²) in [7, 11) is 0. The highest BCUT2D eigenvalue weighted by molar-refractivity contribution is 5.82. The molecule has 5 nitrogen and oxygen atoms in total. The number of amides is 1. The lowest BCUT2D eigenvalue weighted by Gasteiger charge is -2.13. The number of carbonyl (C=O) groups is 2. The maximum Gasteiger partial charge on any atom is 0.387 e. The van der Waals surface area contributed by atoms with E-state index in [4.69, 9.17) is 5.11 Å². The summed E-state index contributed by atoms with van der Waals surface area (Å²) in [5, 5.41) is 11.2. The van der Waals surface area contributed by atoms with E-state index in [2.05, 4.69) is 10.1 Å². The molecule has 0 aliphatic carbocycles. The molecule has 0 spiro atoms. The number of benzene rings is 1. The van der Waals surface area contributed by atoms with Gasteiger partial charge in [0.2, 0.25) is 5.91 Å². The average molecular weight is 273 g/mol. The molecule has 0 aromatic heterocycles. The van der Waals surface area contributed by atoms with Gasteiger partial charge >= 0.3 is 12.6 Å². The van der Waals surface area contributed by atoms with Gasteiger partial charge in [0.05, 0.1) is 0 Å². The fourth-order valence-corrected chi connectivity index (χ4v) is 1.49. The first-order chi connectivity index (χ1) is 8.88. The van der Waals surface area contributed by atoms with Crippen molar-refractivity contribution in [1.82, 2.24) is 5.32 Å². The van der Waals surface area contributed by atoms with E-state index in [0.29, 0.717) is 5.56 Å². The molecule has 0 radical (unpaired) electrons. The van der Waals surface area contributed by atoms with Crippen LogP contribution in [0.5, 0.6) is 5.75 Å². The summed E-state index contributed by atoms with van der Waals surface area (Å²) < 4.78 is 28.0. The monoisotopic (exact) mass is 273 g/mol. The van der Waals surface area contributed by atoms with Gasteiger partial charge < -0.3 is 15.2 Å². The number of nitrogens with one attached hydrogen (secondary N) is 1. The maximum absolute atomic E-state index is 11.9. The quantitative estimate of drug-likeness (QED) is 0.822. The Morgan fingerprint density at radius 2 is 1.89 bits per heavy atom. The highest BCUT2D eigenvalue weighted by Gasteiger charge is 2.18. The molecule has 0 unspecified atom stereocenters. The number of alkyl halides is 2. The molecule has 0 saturated heterocycles. The Balaban J connectivity index is 2.69. The van der Waals surface area contributed by atoms with E-state index in [1.165, 1.54) is 31.2 Å². The zero-order chi connectivity index (χ0) is 14.4. The van der Waals surface area contributed by atoms with Crippen molar-refractivity contribution in [2.24, 2.45) is 0 Å². The number of halogens is 2. The summed E-state index contributed by atoms with van der Waals surface area (Å²) in [6, 6.07) is 4.51. The highest BCUT2D eigenvalue weighted by Crippen LogP contribution is 2.15. The molecule has 0 aliphatic rings. The number of carbonyl (C=O) groups excluding carboxylic acids is 1. The van der Waals surface area contributed by atoms with Crippen LogP contribution in [-0.2, 0) is 16.0 Å². The Kier molecular flexibility index (Phi) is 5.23. The average Bonchev–Trinajstić information content (AvgIpc) is 2.29. The van der Waals surface area contributed by atoms with Gasteiger partial charge in [-0.25, -0.2) is 4.79 Å². The molecule has 1 aromatic carbocycles. The fourth-order valence-electron chi connectivity index (χ4n) is 1.49. The van der Waals surface area contributed by atoms with Gasteiger partial charge in [0.25, 0.3) is 0 Å². The summed E-state index contributed by atoms with van der Waals surface area (Å²) in [5.74, 6) is -1.63. The SMILES string of the molecule is CC(=O)N[C@@H](Cc1ccc(OC(F)F)cc1)C(=O)O. The predicted molar refractivity (Wildman–Crippen MR) is 62.0 cm³/mol. The lowest BCUT2D eigenvalue weighted by Crippen LogP contribution is -2.41. The van der Waals surface area contributed by atoms with Gasteiger partial charge in [-0.05, 0) is 17.7 Å². The first kappa shape index (κ1) is 14.9. The molecule has 0 bridgehead atoms. The van der Waals surface area contributed by atoms with Crippen LogP contribution in [-0.4, -0.2) is 29.6 Å². The minimum Gasteiger partial charge on any atom is -0.480 e. The van der Waals surface area contributed by atoms with E-state index < -0.39 is 24.5 Å². The lowest BCUT2D eigenvalue weighted by atomic mass is 10.1. The van der Waals surface area contributed by atoms with Crippen molar-refractivity contribution in [3.05, 3.63) is 29.8 Å². The third-order valence-electron chi connectivity index (χ3n) is 2.26. The minimum absolute atomic E-state index is 0.00912. The molecule has 1 amide bonds. The van der Waals surface area contributed by atoms with Gasteiger partial charge in [-0.1, -0.05) is 12.1 Å². The Hall–Kier alpha value is -2.18. The number of hydrogen-bond donors (Lipinski definition) is 2. The zero-order valence-corrected chi connectivity index (χ0v) is 10.1. The standard InChI is InChI=1S/C12H13F2NO4/c1-7(16)15-10(11(17)18)6-8-2-4-9(5-3-8)19-12(13)14/h2-5,10,12H,6H2,1H3,(H,15,16)(H,17,18)/t10-/m0/s1. The third-order valence-corrected chi connectivity index (χ3v) is 2.26. The number of aliphatic carboxylic acids is 1. The van der Waals surface area contributed by atoms with E-state index in [-0.39, 0.29) is 12.2 Å². The van der Waals surface area contributed by atoms with Crippen molar-refractivity contribution in [2.45, 2.75) is 26.0 Å². The maximum atomic E-state index is 11.9. The summed E-state index contributed by atoms with van der Waals surface area (Å²) in [6.45, 7) is -1.69. The molecule has 0 aliphatic heterocycles. The van der Waals surface area contributed by atoms with E-state index in [9.17, 15) is 18.4 Å². The second-order valence-corrected chi connectivity index (χ2v) is 3.82. The molecule has 2 N–H and O–H groups in total. The molecule has 1 rings (SSSR count). The van der Waals surface area contributed by atoms with Gasteiger partial charge in [0, 0.05) is 13.3 Å². The number of ether oxygens (including phenoxy) is 1. The van der Waals surface area contributed by atoms with Crippen LogP contribution in [0, 0.1) is 0 Å². The van der Waals surface area contributed by atoms with Crippen molar-refractivity contribution in [3.8, 4) is 5.75 Å². The van der Waals surface area contributed by atoms with Crippen molar-refractivity contribution in [1.29, 1.82) is 0 Å². The topological polar surface area (TPSA) is 75.6 Å². The number of carboxylic acid groups (broad SMARTS) is 1. The fraction of sp³-hybridized carbons (Fsp3) is 0.333. The number of rotatable bonds is 6. The van der Waals surface area contributed by atoms with Crippen LogP contribution in [0.3, 0.4) is 0 Å². The minimum atomic E-state index is -2.91. The Labute approximate surface area is 108 Å². The number of hydrogen-bond acceptors (Lipinski definition) is 3. The van der Waals surface area contributed by atoms with Crippen LogP contribution in [0.15, 0.2) is 24.3 Å². The van der Waals surface area contributed by atoms with Crippen molar-refractivity contribution in [2.75, 3.05) is 0 Å². The molecule has 0 saturated carbocycles. The number of carboxylic acids is 1. The molecule has 0 fully saturated rings. The van der Waals surface area contributed by atoms with Crippen molar-refractivity contribution >= 4 is 11.9 Å². The first-order valence-electron chi connectivity index (χ1n) is 5.42. The normalized spacial score (nSPS) is 12.0. The van der Waals surface area contributed by atoms with E-state index >= 15 is 0 Å². The Bertz CT molecular complexity index is 448. The van der Waals surface area contributed by atoms with Crippen molar-refractivity contribution < 1.29 is 28.2 Å². The summed E-state index contributed by atoms with van der Waals surface area (Å²) in [4.78, 5) is 21.8. The summed E-state index contributed by atoms with van der Waals surface area (Å²) in [5.41, 5.74) is 0.586. The smallest absolute Gasteiger partial charge is 0.387 e. The molecular formula is C12H13F2NO4. The van der Waals surface area contributed by atoms with Gasteiger partial charge in [-0.2, -0.15) is 8.78 Å². The van der Waals surface area contributed by atoms with Crippen LogP contribution in [0.4, 0.5) is 8.78 Å². The van der Waals surface area contributed by atoms with Gasteiger partial charge in [-0.3, -0.25) is 4.79 Å². The van der Waals surface area contributed by atoms with Gasteiger partial charge in [-0.15, -0.1) is 0 Å². The van der Waals surface area contributed by atoms with E-state index in [0.717, 1.165) is 0 Å². The van der Waals surface area contributed by atoms with Crippen LogP contribution in [0.2, 0.25) is 0 Å². The summed E-state index contributed by atoms with van der Waals surface area (Å²) in [6.07, 6.45) is 0.0594. The Morgan fingerprint density at radius 3 is 2.32 bits per heavy atom. The molecule has 0 heterocycles. The van der Waals surface area contributed by atoms with E-state index in [1.54, 1.807) is 0 Å². The highest BCUT2D eigenvalue weighted by atomic mass is 19.3. The molecular weight excluding hydrogens is 260 g/mol. The second-order valence-electron chi connectivity index (χ2n) is 3.82. The largest absolute Gasteiger partial charge is 0.480 e. The molecule has 1 aromatic rings. The van der Waals surface area contributed by atoms with Gasteiger partial charge in [0.15, 0.2) is 0 Å². The zero-order valence-electron chi connectivity index (χ0n) is 10.1. The van der Waals surface area contributed by atoms with Crippen LogP contribution in [0.25, 0.3) is 0 Å². The molecule has 19 heavy (non-hydrogen) atoms. The van der Waals surface area contributed by atoms with E-state index in [1.807, 2.05) is 0 Å². The third kappa shape index (κ3) is 5.33. The Morgan fingerprint density at radius 1 is 1.32 bits per heavy atom. The van der Waals surface area contributed by atoms with Crippen molar-refractivity contribution in [3.63, 3.8) is 0 Å². The second kappa shape index (κ2) is 6.67. The molecule has 104 valence electrons. The van der Waals surface area contributed by atoms with Crippen LogP contribution in [0.1, 0.15) is 12.5 Å². The van der Waals surface area contributed by atoms with Gasteiger partial charge in [0.1, 0.15) is 11.8 Å². The molecule has 7 heteroatoms. The van der Waals surface area contributed by atoms with Crippen LogP contribution >= 0.6 is 0 Å². The van der Waals surface area contributed by atoms with Crippen LogP contribution < -0.4 is 10.1 Å². The predicted octanol–water partition coefficient (Wildman–Crippen LogP) is 1.42.